The highest BCUT2D eigenvalue weighted by Crippen LogP contribution is 2.30. The van der Waals surface area contributed by atoms with Crippen LogP contribution in [0.3, 0.4) is 0 Å². The Morgan fingerprint density at radius 2 is 2.14 bits per heavy atom. The zero-order valence-electron chi connectivity index (χ0n) is 11.5. The fourth-order valence-electron chi connectivity index (χ4n) is 2.29. The van der Waals surface area contributed by atoms with E-state index >= 15 is 0 Å². The van der Waals surface area contributed by atoms with Crippen molar-refractivity contribution in [2.24, 2.45) is 0 Å². The first kappa shape index (κ1) is 16.2. The number of benzene rings is 1. The molecule has 0 amide bonds. The van der Waals surface area contributed by atoms with Crippen molar-refractivity contribution >= 4 is 0 Å². The first-order valence-corrected chi connectivity index (χ1v) is 6.61. The molecular formula is C14H17F4NO2. The zero-order chi connectivity index (χ0) is 15.5. The van der Waals surface area contributed by atoms with Crippen LogP contribution in [0.2, 0.25) is 0 Å². The summed E-state index contributed by atoms with van der Waals surface area (Å²) < 4.78 is 61.6. The molecule has 2 rings (SSSR count). The van der Waals surface area contributed by atoms with Gasteiger partial charge in [0.15, 0.2) is 0 Å². The molecule has 118 valence electrons. The highest BCUT2D eigenvalue weighted by molar-refractivity contribution is 5.26. The van der Waals surface area contributed by atoms with Gasteiger partial charge in [0, 0.05) is 31.9 Å². The van der Waals surface area contributed by atoms with Crippen LogP contribution in [0.25, 0.3) is 0 Å². The zero-order valence-corrected chi connectivity index (χ0v) is 11.5. The highest BCUT2D eigenvalue weighted by Gasteiger charge is 2.31. The Morgan fingerprint density at radius 1 is 1.38 bits per heavy atom. The lowest BCUT2D eigenvalue weighted by atomic mass is 10.0. The maximum absolute atomic E-state index is 13.7. The third kappa shape index (κ3) is 4.15. The van der Waals surface area contributed by atoms with Gasteiger partial charge in [-0.3, -0.25) is 0 Å². The molecule has 0 radical (unpaired) electrons. The van der Waals surface area contributed by atoms with Crippen LogP contribution in [0.5, 0.6) is 0 Å². The minimum atomic E-state index is -4.53. The van der Waals surface area contributed by atoms with Crippen molar-refractivity contribution < 1.29 is 27.0 Å². The summed E-state index contributed by atoms with van der Waals surface area (Å²) in [5.74, 6) is -0.863. The third-order valence-electron chi connectivity index (χ3n) is 3.54. The molecule has 1 aromatic rings. The van der Waals surface area contributed by atoms with E-state index in [4.69, 9.17) is 9.47 Å². The number of hydrogen-bond donors (Lipinski definition) is 1. The number of alkyl halides is 3. The van der Waals surface area contributed by atoms with Gasteiger partial charge >= 0.3 is 6.18 Å². The van der Waals surface area contributed by atoms with Gasteiger partial charge in [-0.05, 0) is 18.6 Å². The van der Waals surface area contributed by atoms with Crippen molar-refractivity contribution in [2.45, 2.75) is 31.3 Å². The normalized spacial score (nSPS) is 23.3. The Morgan fingerprint density at radius 3 is 2.76 bits per heavy atom. The highest BCUT2D eigenvalue weighted by atomic mass is 19.4. The average molecular weight is 307 g/mol. The van der Waals surface area contributed by atoms with E-state index in [1.807, 2.05) is 0 Å². The summed E-state index contributed by atoms with van der Waals surface area (Å²) >= 11 is 0. The molecule has 1 aromatic carbocycles. The molecule has 0 unspecified atom stereocenters. The Balaban J connectivity index is 2.00. The number of ether oxygens (including phenoxy) is 2. The van der Waals surface area contributed by atoms with Crippen LogP contribution in [0, 0.1) is 5.82 Å². The maximum atomic E-state index is 13.7. The van der Waals surface area contributed by atoms with Gasteiger partial charge in [0.1, 0.15) is 5.82 Å². The van der Waals surface area contributed by atoms with E-state index in [1.54, 1.807) is 7.11 Å². The van der Waals surface area contributed by atoms with Crippen molar-refractivity contribution in [3.63, 3.8) is 0 Å². The lowest BCUT2D eigenvalue weighted by molar-refractivity contribution is -0.137. The summed E-state index contributed by atoms with van der Waals surface area (Å²) in [4.78, 5) is 0. The number of hydrogen-bond acceptors (Lipinski definition) is 3. The molecule has 1 aliphatic rings. The smallest absolute Gasteiger partial charge is 0.379 e. The minimum absolute atomic E-state index is 0.00885. The van der Waals surface area contributed by atoms with E-state index in [-0.39, 0.29) is 24.3 Å². The lowest BCUT2D eigenvalue weighted by Gasteiger charge is -2.31. The predicted molar refractivity (Wildman–Crippen MR) is 68.3 cm³/mol. The van der Waals surface area contributed by atoms with Gasteiger partial charge < -0.3 is 14.8 Å². The number of rotatable bonds is 4. The molecule has 21 heavy (non-hydrogen) atoms. The van der Waals surface area contributed by atoms with Crippen LogP contribution in [0.1, 0.15) is 17.5 Å². The molecule has 1 fully saturated rings. The molecule has 0 aromatic heterocycles. The van der Waals surface area contributed by atoms with Crippen LogP contribution in [-0.4, -0.2) is 32.5 Å². The second-order valence-corrected chi connectivity index (χ2v) is 4.93. The second kappa shape index (κ2) is 6.72. The molecule has 7 heteroatoms. The second-order valence-electron chi connectivity index (χ2n) is 4.93. The number of nitrogens with one attached hydrogen (secondary N) is 1. The largest absolute Gasteiger partial charge is 0.416 e. The van der Waals surface area contributed by atoms with Gasteiger partial charge in [-0.1, -0.05) is 6.07 Å². The van der Waals surface area contributed by atoms with Gasteiger partial charge in [-0.2, -0.15) is 13.2 Å². The molecule has 1 aliphatic heterocycles. The van der Waals surface area contributed by atoms with Crippen LogP contribution in [-0.2, 0) is 22.2 Å². The first-order chi connectivity index (χ1) is 9.91. The summed E-state index contributed by atoms with van der Waals surface area (Å²) in [6.45, 7) is 1.17. The summed E-state index contributed by atoms with van der Waals surface area (Å²) in [5, 5.41) is 3.11. The fourth-order valence-corrected chi connectivity index (χ4v) is 2.29. The van der Waals surface area contributed by atoms with Crippen LogP contribution < -0.4 is 5.32 Å². The van der Waals surface area contributed by atoms with Crippen LogP contribution >= 0.6 is 0 Å². The number of methoxy groups -OCH3 is 1. The molecule has 2 atom stereocenters. The topological polar surface area (TPSA) is 30.5 Å². The van der Waals surface area contributed by atoms with E-state index in [2.05, 4.69) is 5.32 Å². The van der Waals surface area contributed by atoms with E-state index in [9.17, 15) is 17.6 Å². The molecule has 0 saturated carbocycles. The monoisotopic (exact) mass is 307 g/mol. The Bertz CT molecular complexity index is 479. The van der Waals surface area contributed by atoms with E-state index in [1.165, 1.54) is 0 Å². The van der Waals surface area contributed by atoms with Crippen LogP contribution in [0.15, 0.2) is 18.2 Å². The van der Waals surface area contributed by atoms with Gasteiger partial charge in [-0.25, -0.2) is 4.39 Å². The Hall–Kier alpha value is -1.18. The molecule has 0 aliphatic carbocycles. The third-order valence-corrected chi connectivity index (χ3v) is 3.54. The summed E-state index contributed by atoms with van der Waals surface area (Å²) in [7, 11) is 1.56. The van der Waals surface area contributed by atoms with E-state index < -0.39 is 17.6 Å². The minimum Gasteiger partial charge on any atom is -0.379 e. The SMILES string of the molecule is CO[C@@H]1COCC[C@H]1NCc1ccc(C(F)(F)F)cc1F. The first-order valence-electron chi connectivity index (χ1n) is 6.61. The van der Waals surface area contributed by atoms with Gasteiger partial charge in [-0.15, -0.1) is 0 Å². The molecule has 1 saturated heterocycles. The summed E-state index contributed by atoms with van der Waals surface area (Å²) in [6, 6.07) is 2.56. The van der Waals surface area contributed by atoms with Gasteiger partial charge in [0.2, 0.25) is 0 Å². The number of halogens is 4. The molecular weight excluding hydrogens is 290 g/mol. The van der Waals surface area contributed by atoms with E-state index in [0.717, 1.165) is 12.1 Å². The molecule has 1 heterocycles. The Labute approximate surface area is 120 Å². The molecule has 3 nitrogen and oxygen atoms in total. The van der Waals surface area contributed by atoms with Crippen molar-refractivity contribution in [3.8, 4) is 0 Å². The molecule has 0 bridgehead atoms. The van der Waals surface area contributed by atoms with Crippen LogP contribution in [0.4, 0.5) is 17.6 Å². The molecule has 0 spiro atoms. The van der Waals surface area contributed by atoms with Gasteiger partial charge in [0.25, 0.3) is 0 Å². The lowest BCUT2D eigenvalue weighted by Crippen LogP contribution is -2.47. The van der Waals surface area contributed by atoms with Gasteiger partial charge in [0.05, 0.1) is 18.3 Å². The Kier molecular flexibility index (Phi) is 5.18. The predicted octanol–water partition coefficient (Wildman–Crippen LogP) is 2.74. The quantitative estimate of drug-likeness (QED) is 0.868. The maximum Gasteiger partial charge on any atom is 0.416 e. The fraction of sp³-hybridized carbons (Fsp3) is 0.571. The van der Waals surface area contributed by atoms with Crippen molar-refractivity contribution in [1.29, 1.82) is 0 Å². The summed E-state index contributed by atoms with van der Waals surface area (Å²) in [6.07, 6.45) is -3.97. The standard InChI is InChI=1S/C14H17F4NO2/c1-20-13-8-21-5-4-12(13)19-7-9-2-3-10(6-11(9)15)14(16,17)18/h2-3,6,12-13,19H,4-5,7-8H2,1H3/t12-,13-/m1/s1. The van der Waals surface area contributed by atoms with Crippen molar-refractivity contribution in [1.82, 2.24) is 5.32 Å². The van der Waals surface area contributed by atoms with Crippen molar-refractivity contribution in [2.75, 3.05) is 20.3 Å². The molecule has 1 N–H and O–H groups in total. The summed E-state index contributed by atoms with van der Waals surface area (Å²) in [5.41, 5.74) is -0.783. The van der Waals surface area contributed by atoms with E-state index in [0.29, 0.717) is 25.7 Å². The average Bonchev–Trinajstić information content (AvgIpc) is 2.45. The van der Waals surface area contributed by atoms with Crippen molar-refractivity contribution in [3.05, 3.63) is 35.1 Å².